The van der Waals surface area contributed by atoms with Crippen LogP contribution in [-0.4, -0.2) is 6.04 Å². The lowest BCUT2D eigenvalue weighted by molar-refractivity contribution is 0.508. The van der Waals surface area contributed by atoms with Crippen LogP contribution in [0, 0.1) is 17.6 Å². The summed E-state index contributed by atoms with van der Waals surface area (Å²) < 4.78 is 25.6. The summed E-state index contributed by atoms with van der Waals surface area (Å²) in [5.74, 6) is -0.848. The van der Waals surface area contributed by atoms with Crippen molar-refractivity contribution >= 4 is 5.69 Å². The molecule has 0 aromatic heterocycles. The second kappa shape index (κ2) is 4.17. The van der Waals surface area contributed by atoms with Crippen LogP contribution in [0.3, 0.4) is 0 Å². The Kier molecular flexibility index (Phi) is 2.89. The van der Waals surface area contributed by atoms with Gasteiger partial charge in [0.15, 0.2) is 11.6 Å². The minimum Gasteiger partial charge on any atom is -0.382 e. The van der Waals surface area contributed by atoms with Crippen LogP contribution in [0.5, 0.6) is 0 Å². The zero-order chi connectivity index (χ0) is 10.8. The van der Waals surface area contributed by atoms with Crippen molar-refractivity contribution < 1.29 is 8.78 Å². The molecule has 1 aromatic rings. The topological polar surface area (TPSA) is 12.0 Å². The Hall–Kier alpha value is -1.12. The van der Waals surface area contributed by atoms with Gasteiger partial charge in [0, 0.05) is 17.8 Å². The number of benzene rings is 1. The fourth-order valence-electron chi connectivity index (χ4n) is 2.16. The molecular weight excluding hydrogens is 196 g/mol. The minimum atomic E-state index is -0.791. The molecule has 0 saturated heterocycles. The van der Waals surface area contributed by atoms with Crippen molar-refractivity contribution in [2.45, 2.75) is 32.2 Å². The van der Waals surface area contributed by atoms with Gasteiger partial charge in [0.2, 0.25) is 0 Å². The van der Waals surface area contributed by atoms with E-state index in [0.29, 0.717) is 11.7 Å². The Labute approximate surface area is 88.5 Å². The average molecular weight is 211 g/mol. The van der Waals surface area contributed by atoms with Gasteiger partial charge in [0.1, 0.15) is 0 Å². The monoisotopic (exact) mass is 211 g/mol. The SMILES string of the molecule is C[C@@H]1CC[C@@H](Nc2ccc(F)c(F)c2)C1. The average Bonchev–Trinajstić information content (AvgIpc) is 2.58. The lowest BCUT2D eigenvalue weighted by Gasteiger charge is -2.13. The Balaban J connectivity index is 2.02. The van der Waals surface area contributed by atoms with E-state index in [1.165, 1.54) is 12.5 Å². The fraction of sp³-hybridized carbons (Fsp3) is 0.500. The summed E-state index contributed by atoms with van der Waals surface area (Å²) in [6.45, 7) is 2.22. The molecule has 1 aliphatic carbocycles. The Morgan fingerprint density at radius 2 is 2.00 bits per heavy atom. The van der Waals surface area contributed by atoms with Gasteiger partial charge in [0.25, 0.3) is 0 Å². The van der Waals surface area contributed by atoms with Crippen LogP contribution >= 0.6 is 0 Å². The van der Waals surface area contributed by atoms with Crippen LogP contribution in [0.4, 0.5) is 14.5 Å². The van der Waals surface area contributed by atoms with Crippen LogP contribution in [-0.2, 0) is 0 Å². The summed E-state index contributed by atoms with van der Waals surface area (Å²) in [7, 11) is 0. The van der Waals surface area contributed by atoms with Crippen molar-refractivity contribution in [3.8, 4) is 0 Å². The molecule has 0 heterocycles. The molecule has 0 radical (unpaired) electrons. The molecule has 1 aliphatic rings. The molecule has 1 fully saturated rings. The molecule has 0 unspecified atom stereocenters. The number of rotatable bonds is 2. The van der Waals surface area contributed by atoms with Crippen molar-refractivity contribution in [2.24, 2.45) is 5.92 Å². The number of halogens is 2. The quantitative estimate of drug-likeness (QED) is 0.788. The zero-order valence-corrected chi connectivity index (χ0v) is 8.76. The van der Waals surface area contributed by atoms with E-state index in [-0.39, 0.29) is 0 Å². The first-order valence-corrected chi connectivity index (χ1v) is 5.37. The molecule has 1 nitrogen and oxygen atoms in total. The maximum atomic E-state index is 12.9. The second-order valence-electron chi connectivity index (χ2n) is 4.39. The maximum Gasteiger partial charge on any atom is 0.160 e. The van der Waals surface area contributed by atoms with E-state index in [0.717, 1.165) is 24.8 Å². The van der Waals surface area contributed by atoms with Gasteiger partial charge in [-0.15, -0.1) is 0 Å². The normalized spacial score (nSPS) is 25.5. The lowest BCUT2D eigenvalue weighted by atomic mass is 10.1. The predicted molar refractivity (Wildman–Crippen MR) is 56.8 cm³/mol. The van der Waals surface area contributed by atoms with E-state index >= 15 is 0 Å². The lowest BCUT2D eigenvalue weighted by Crippen LogP contribution is -2.15. The summed E-state index contributed by atoms with van der Waals surface area (Å²) in [4.78, 5) is 0. The van der Waals surface area contributed by atoms with Crippen molar-refractivity contribution in [3.63, 3.8) is 0 Å². The third-order valence-corrected chi connectivity index (χ3v) is 2.99. The van der Waals surface area contributed by atoms with Crippen LogP contribution in [0.25, 0.3) is 0 Å². The highest BCUT2D eigenvalue weighted by atomic mass is 19.2. The number of hydrogen-bond donors (Lipinski definition) is 1. The first kappa shape index (κ1) is 10.4. The Bertz CT molecular complexity index is 351. The van der Waals surface area contributed by atoms with Crippen molar-refractivity contribution in [1.29, 1.82) is 0 Å². The van der Waals surface area contributed by atoms with Crippen LogP contribution in [0.1, 0.15) is 26.2 Å². The molecule has 82 valence electrons. The molecule has 1 aromatic carbocycles. The molecule has 0 amide bonds. The molecule has 1 N–H and O–H groups in total. The maximum absolute atomic E-state index is 12.9. The van der Waals surface area contributed by atoms with E-state index in [9.17, 15) is 8.78 Å². The third kappa shape index (κ3) is 2.46. The fourth-order valence-corrected chi connectivity index (χ4v) is 2.16. The molecule has 0 aliphatic heterocycles. The minimum absolute atomic E-state index is 0.407. The van der Waals surface area contributed by atoms with Crippen LogP contribution in [0.15, 0.2) is 18.2 Å². The van der Waals surface area contributed by atoms with Gasteiger partial charge in [-0.05, 0) is 37.3 Å². The largest absolute Gasteiger partial charge is 0.382 e. The summed E-state index contributed by atoms with van der Waals surface area (Å²) in [5, 5.41) is 3.23. The standard InChI is InChI=1S/C12H15F2N/c1-8-2-3-9(6-8)15-10-4-5-11(13)12(14)7-10/h4-5,7-9,15H,2-3,6H2,1H3/t8-,9-/m1/s1. The molecule has 2 atom stereocenters. The van der Waals surface area contributed by atoms with Gasteiger partial charge in [-0.1, -0.05) is 6.92 Å². The molecule has 0 spiro atoms. The highest BCUT2D eigenvalue weighted by molar-refractivity contribution is 5.44. The van der Waals surface area contributed by atoms with Gasteiger partial charge >= 0.3 is 0 Å². The Morgan fingerprint density at radius 1 is 1.20 bits per heavy atom. The van der Waals surface area contributed by atoms with Crippen molar-refractivity contribution in [2.75, 3.05) is 5.32 Å². The number of anilines is 1. The molecular formula is C12H15F2N. The zero-order valence-electron chi connectivity index (χ0n) is 8.76. The molecule has 1 saturated carbocycles. The number of nitrogens with one attached hydrogen (secondary N) is 1. The van der Waals surface area contributed by atoms with Gasteiger partial charge < -0.3 is 5.32 Å². The highest BCUT2D eigenvalue weighted by Crippen LogP contribution is 2.27. The van der Waals surface area contributed by atoms with Gasteiger partial charge in [-0.25, -0.2) is 8.78 Å². The smallest absolute Gasteiger partial charge is 0.160 e. The molecule has 0 bridgehead atoms. The third-order valence-electron chi connectivity index (χ3n) is 2.99. The van der Waals surface area contributed by atoms with E-state index < -0.39 is 11.6 Å². The van der Waals surface area contributed by atoms with Gasteiger partial charge in [-0.3, -0.25) is 0 Å². The molecule has 15 heavy (non-hydrogen) atoms. The number of hydrogen-bond acceptors (Lipinski definition) is 1. The van der Waals surface area contributed by atoms with E-state index in [2.05, 4.69) is 12.2 Å². The summed E-state index contributed by atoms with van der Waals surface area (Å²) in [6.07, 6.45) is 3.43. The van der Waals surface area contributed by atoms with Crippen LogP contribution in [0.2, 0.25) is 0 Å². The van der Waals surface area contributed by atoms with Gasteiger partial charge in [-0.2, -0.15) is 0 Å². The second-order valence-corrected chi connectivity index (χ2v) is 4.39. The Morgan fingerprint density at radius 3 is 2.60 bits per heavy atom. The predicted octanol–water partition coefficient (Wildman–Crippen LogP) is 3.57. The van der Waals surface area contributed by atoms with Crippen molar-refractivity contribution in [3.05, 3.63) is 29.8 Å². The molecule has 3 heteroatoms. The first-order valence-electron chi connectivity index (χ1n) is 5.37. The first-order chi connectivity index (χ1) is 7.15. The summed E-state index contributed by atoms with van der Waals surface area (Å²) in [5.41, 5.74) is 0.674. The highest BCUT2D eigenvalue weighted by Gasteiger charge is 2.21. The van der Waals surface area contributed by atoms with E-state index in [4.69, 9.17) is 0 Å². The van der Waals surface area contributed by atoms with Gasteiger partial charge in [0.05, 0.1) is 0 Å². The van der Waals surface area contributed by atoms with Crippen LogP contribution < -0.4 is 5.32 Å². The summed E-state index contributed by atoms with van der Waals surface area (Å²) >= 11 is 0. The van der Waals surface area contributed by atoms with E-state index in [1.807, 2.05) is 0 Å². The molecule has 2 rings (SSSR count). The summed E-state index contributed by atoms with van der Waals surface area (Å²) in [6, 6.07) is 4.38. The van der Waals surface area contributed by atoms with Crippen molar-refractivity contribution in [1.82, 2.24) is 0 Å². The van der Waals surface area contributed by atoms with E-state index in [1.54, 1.807) is 6.07 Å².